The summed E-state index contributed by atoms with van der Waals surface area (Å²) in [4.78, 5) is 54.5. The van der Waals surface area contributed by atoms with Gasteiger partial charge in [-0.1, -0.05) is 60.7 Å². The van der Waals surface area contributed by atoms with Crippen molar-refractivity contribution < 1.29 is 19.2 Å². The van der Waals surface area contributed by atoms with E-state index in [2.05, 4.69) is 5.32 Å². The standard InChI is InChI=1S/C27H32N4O4/c32-24-25(33)31(20-22-11-5-2-6-12-22)23(19-28-24)13-7-8-15-29-17-18-30(27(35)26(29)34)16-14-21-9-3-1-4-10-21/h1-6,9-12,23H,7-8,13-20H2,(H,28,32)/t23-/m1/s1. The van der Waals surface area contributed by atoms with E-state index in [4.69, 9.17) is 0 Å². The summed E-state index contributed by atoms with van der Waals surface area (Å²) in [6.07, 6.45) is 2.98. The number of carbonyl (C=O) groups excluding carboxylic acids is 4. The van der Waals surface area contributed by atoms with Crippen LogP contribution >= 0.6 is 0 Å². The van der Waals surface area contributed by atoms with Crippen molar-refractivity contribution in [2.45, 2.75) is 38.3 Å². The predicted octanol–water partition coefficient (Wildman–Crippen LogP) is 1.60. The number of piperazine rings is 2. The highest BCUT2D eigenvalue weighted by molar-refractivity contribution is 6.36. The number of unbranched alkanes of at least 4 members (excludes halogenated alkanes) is 1. The summed E-state index contributed by atoms with van der Waals surface area (Å²) in [5.74, 6) is -1.93. The summed E-state index contributed by atoms with van der Waals surface area (Å²) in [7, 11) is 0. The molecule has 0 saturated carbocycles. The van der Waals surface area contributed by atoms with Gasteiger partial charge >= 0.3 is 23.6 Å². The molecule has 1 N–H and O–H groups in total. The van der Waals surface area contributed by atoms with Crippen LogP contribution in [0.5, 0.6) is 0 Å². The van der Waals surface area contributed by atoms with Gasteiger partial charge in [0.2, 0.25) is 0 Å². The molecule has 2 saturated heterocycles. The van der Waals surface area contributed by atoms with E-state index in [1.54, 1.807) is 14.7 Å². The Kier molecular flexibility index (Phi) is 8.13. The van der Waals surface area contributed by atoms with E-state index in [1.165, 1.54) is 0 Å². The Bertz CT molecular complexity index is 1040. The number of rotatable bonds is 10. The summed E-state index contributed by atoms with van der Waals surface area (Å²) < 4.78 is 0. The van der Waals surface area contributed by atoms with Crippen LogP contribution in [0.25, 0.3) is 0 Å². The number of carbonyl (C=O) groups is 4. The van der Waals surface area contributed by atoms with Crippen LogP contribution in [0.1, 0.15) is 30.4 Å². The van der Waals surface area contributed by atoms with Gasteiger partial charge in [-0.15, -0.1) is 0 Å². The molecule has 0 radical (unpaired) electrons. The highest BCUT2D eigenvalue weighted by Gasteiger charge is 2.34. The fourth-order valence-electron chi connectivity index (χ4n) is 4.66. The van der Waals surface area contributed by atoms with Gasteiger partial charge in [-0.05, 0) is 36.8 Å². The molecular formula is C27H32N4O4. The monoisotopic (exact) mass is 476 g/mol. The van der Waals surface area contributed by atoms with Gasteiger partial charge in [0.25, 0.3) is 0 Å². The van der Waals surface area contributed by atoms with Crippen molar-refractivity contribution in [1.29, 1.82) is 0 Å². The third kappa shape index (κ3) is 6.26. The predicted molar refractivity (Wildman–Crippen MR) is 131 cm³/mol. The molecule has 0 spiro atoms. The molecule has 4 amide bonds. The van der Waals surface area contributed by atoms with E-state index in [0.29, 0.717) is 39.3 Å². The van der Waals surface area contributed by atoms with Crippen LogP contribution in [-0.4, -0.2) is 77.1 Å². The summed E-state index contributed by atoms with van der Waals surface area (Å²) in [6.45, 7) is 2.97. The van der Waals surface area contributed by atoms with Gasteiger partial charge in [0, 0.05) is 45.3 Å². The van der Waals surface area contributed by atoms with Crippen LogP contribution in [0.3, 0.4) is 0 Å². The maximum atomic E-state index is 12.6. The molecule has 0 aromatic heterocycles. The van der Waals surface area contributed by atoms with Gasteiger partial charge in [-0.25, -0.2) is 0 Å². The minimum absolute atomic E-state index is 0.0902. The van der Waals surface area contributed by atoms with Crippen LogP contribution in [-0.2, 0) is 32.1 Å². The van der Waals surface area contributed by atoms with E-state index in [-0.39, 0.29) is 6.04 Å². The number of nitrogens with one attached hydrogen (secondary N) is 1. The van der Waals surface area contributed by atoms with Gasteiger partial charge in [0.1, 0.15) is 0 Å². The SMILES string of the molecule is O=C1NC[C@@H](CCCCN2CCN(CCc3ccccc3)C(=O)C2=O)N(Cc2ccccc2)C1=O. The van der Waals surface area contributed by atoms with Crippen molar-refractivity contribution in [1.82, 2.24) is 20.0 Å². The molecule has 0 aliphatic carbocycles. The molecule has 2 aromatic rings. The topological polar surface area (TPSA) is 90.0 Å². The summed E-state index contributed by atoms with van der Waals surface area (Å²) in [5.41, 5.74) is 2.13. The van der Waals surface area contributed by atoms with Crippen LogP contribution in [0, 0.1) is 0 Å². The molecule has 8 nitrogen and oxygen atoms in total. The molecule has 2 aliphatic rings. The Hall–Kier alpha value is -3.68. The van der Waals surface area contributed by atoms with Gasteiger partial charge in [-0.3, -0.25) is 19.2 Å². The maximum Gasteiger partial charge on any atom is 0.312 e. The zero-order chi connectivity index (χ0) is 24.6. The quantitative estimate of drug-likeness (QED) is 0.417. The molecule has 2 aromatic carbocycles. The van der Waals surface area contributed by atoms with Crippen molar-refractivity contribution in [3.8, 4) is 0 Å². The van der Waals surface area contributed by atoms with E-state index < -0.39 is 23.6 Å². The number of nitrogens with zero attached hydrogens (tertiary/aromatic N) is 3. The first-order valence-corrected chi connectivity index (χ1v) is 12.3. The van der Waals surface area contributed by atoms with Crippen LogP contribution in [0.15, 0.2) is 60.7 Å². The van der Waals surface area contributed by atoms with E-state index in [0.717, 1.165) is 36.8 Å². The Morgan fingerprint density at radius 3 is 1.97 bits per heavy atom. The normalized spacial score (nSPS) is 18.7. The third-order valence-electron chi connectivity index (χ3n) is 6.72. The largest absolute Gasteiger partial charge is 0.346 e. The second-order valence-corrected chi connectivity index (χ2v) is 9.10. The second kappa shape index (κ2) is 11.6. The molecule has 8 heteroatoms. The molecular weight excluding hydrogens is 444 g/mol. The van der Waals surface area contributed by atoms with E-state index in [9.17, 15) is 19.2 Å². The fraction of sp³-hybridized carbons (Fsp3) is 0.407. The first kappa shape index (κ1) is 24.4. The summed E-state index contributed by atoms with van der Waals surface area (Å²) in [5, 5.41) is 2.68. The van der Waals surface area contributed by atoms with Gasteiger partial charge in [0.15, 0.2) is 0 Å². The van der Waals surface area contributed by atoms with Crippen molar-refractivity contribution in [2.24, 2.45) is 0 Å². The van der Waals surface area contributed by atoms with Crippen molar-refractivity contribution >= 4 is 23.6 Å². The van der Waals surface area contributed by atoms with E-state index in [1.807, 2.05) is 60.7 Å². The van der Waals surface area contributed by atoms with Crippen molar-refractivity contribution in [3.05, 3.63) is 71.8 Å². The lowest BCUT2D eigenvalue weighted by Crippen LogP contribution is -2.57. The zero-order valence-corrected chi connectivity index (χ0v) is 19.9. The van der Waals surface area contributed by atoms with Gasteiger partial charge in [-0.2, -0.15) is 0 Å². The Morgan fingerprint density at radius 1 is 0.714 bits per heavy atom. The molecule has 1 atom stereocenters. The van der Waals surface area contributed by atoms with Crippen LogP contribution < -0.4 is 5.32 Å². The molecule has 2 heterocycles. The highest BCUT2D eigenvalue weighted by atomic mass is 16.2. The number of amides is 4. The Balaban J connectivity index is 1.22. The molecule has 4 rings (SSSR count). The second-order valence-electron chi connectivity index (χ2n) is 9.10. The lowest BCUT2D eigenvalue weighted by atomic mass is 10.0. The Morgan fingerprint density at radius 2 is 1.31 bits per heavy atom. The number of hydrogen-bond acceptors (Lipinski definition) is 4. The average Bonchev–Trinajstić information content (AvgIpc) is 2.89. The molecule has 2 fully saturated rings. The Labute approximate surface area is 205 Å². The number of hydrogen-bond donors (Lipinski definition) is 1. The average molecular weight is 477 g/mol. The minimum Gasteiger partial charge on any atom is -0.346 e. The van der Waals surface area contributed by atoms with E-state index >= 15 is 0 Å². The minimum atomic E-state index is -0.563. The first-order valence-electron chi connectivity index (χ1n) is 12.3. The lowest BCUT2D eigenvalue weighted by Gasteiger charge is -2.36. The van der Waals surface area contributed by atoms with Crippen molar-refractivity contribution in [2.75, 3.05) is 32.7 Å². The lowest BCUT2D eigenvalue weighted by molar-refractivity contribution is -0.156. The molecule has 35 heavy (non-hydrogen) atoms. The fourth-order valence-corrected chi connectivity index (χ4v) is 4.66. The highest BCUT2D eigenvalue weighted by Crippen LogP contribution is 2.17. The molecule has 2 aliphatic heterocycles. The molecule has 0 unspecified atom stereocenters. The molecule has 0 bridgehead atoms. The third-order valence-corrected chi connectivity index (χ3v) is 6.72. The maximum absolute atomic E-state index is 12.6. The van der Waals surface area contributed by atoms with Crippen molar-refractivity contribution in [3.63, 3.8) is 0 Å². The van der Waals surface area contributed by atoms with Gasteiger partial charge < -0.3 is 20.0 Å². The molecule has 184 valence electrons. The zero-order valence-electron chi connectivity index (χ0n) is 19.9. The van der Waals surface area contributed by atoms with Crippen LogP contribution in [0.4, 0.5) is 0 Å². The number of benzene rings is 2. The smallest absolute Gasteiger partial charge is 0.312 e. The summed E-state index contributed by atoms with van der Waals surface area (Å²) >= 11 is 0. The van der Waals surface area contributed by atoms with Crippen LogP contribution in [0.2, 0.25) is 0 Å². The first-order chi connectivity index (χ1) is 17.0. The summed E-state index contributed by atoms with van der Waals surface area (Å²) in [6, 6.07) is 19.5. The van der Waals surface area contributed by atoms with Gasteiger partial charge in [0.05, 0.1) is 0 Å².